The van der Waals surface area contributed by atoms with Gasteiger partial charge in [0.15, 0.2) is 11.6 Å². The van der Waals surface area contributed by atoms with Gasteiger partial charge in [0.25, 0.3) is 5.69 Å². The Morgan fingerprint density at radius 1 is 0.907 bits per heavy atom. The van der Waals surface area contributed by atoms with Crippen molar-refractivity contribution >= 4 is 40.6 Å². The fourth-order valence-corrected chi connectivity index (χ4v) is 7.00. The first-order chi connectivity index (χ1) is 20.9. The molecule has 0 radical (unpaired) electrons. The van der Waals surface area contributed by atoms with E-state index in [0.717, 1.165) is 5.56 Å². The van der Waals surface area contributed by atoms with E-state index in [0.29, 0.717) is 28.3 Å². The molecule has 7 rings (SSSR count). The van der Waals surface area contributed by atoms with Crippen LogP contribution in [0, 0.1) is 16.0 Å². The predicted octanol–water partition coefficient (Wildman–Crippen LogP) is 5.46. The Bertz CT molecular complexity index is 1870. The minimum absolute atomic E-state index is 0.0845. The Kier molecular flexibility index (Phi) is 5.98. The summed E-state index contributed by atoms with van der Waals surface area (Å²) in [6.07, 6.45) is 3.81. The van der Waals surface area contributed by atoms with Crippen LogP contribution in [0.5, 0.6) is 5.75 Å². The monoisotopic (exact) mass is 571 g/mol. The average Bonchev–Trinajstić information content (AvgIpc) is 3.52. The average molecular weight is 572 g/mol. The highest BCUT2D eigenvalue weighted by atomic mass is 16.6. The second-order valence-corrected chi connectivity index (χ2v) is 10.8. The number of nitrogens with zero attached hydrogens (tertiary/aromatic N) is 2. The molecule has 0 bridgehead atoms. The number of anilines is 2. The maximum atomic E-state index is 14.8. The lowest BCUT2D eigenvalue weighted by atomic mass is 9.64. The van der Waals surface area contributed by atoms with E-state index in [2.05, 4.69) is 5.32 Å². The summed E-state index contributed by atoms with van der Waals surface area (Å²) in [4.78, 5) is 56.8. The summed E-state index contributed by atoms with van der Waals surface area (Å²) in [5, 5.41) is 14.6. The molecule has 1 amide bonds. The molecule has 9 heteroatoms. The molecule has 1 spiro atoms. The highest BCUT2D eigenvalue weighted by Crippen LogP contribution is 2.58. The van der Waals surface area contributed by atoms with E-state index in [1.165, 1.54) is 31.4 Å². The van der Waals surface area contributed by atoms with Crippen LogP contribution in [0.1, 0.15) is 31.8 Å². The number of methoxy groups -OCH3 is 1. The zero-order valence-corrected chi connectivity index (χ0v) is 23.0. The van der Waals surface area contributed by atoms with E-state index < -0.39 is 39.9 Å². The molecule has 0 aliphatic carbocycles. The van der Waals surface area contributed by atoms with Crippen molar-refractivity contribution in [2.24, 2.45) is 5.92 Å². The Morgan fingerprint density at radius 3 is 2.42 bits per heavy atom. The van der Waals surface area contributed by atoms with Gasteiger partial charge in [0.2, 0.25) is 5.91 Å². The van der Waals surface area contributed by atoms with Crippen molar-refractivity contribution in [1.29, 1.82) is 0 Å². The topological polar surface area (TPSA) is 119 Å². The summed E-state index contributed by atoms with van der Waals surface area (Å²) in [5.41, 5.74) is 1.42. The van der Waals surface area contributed by atoms with Crippen molar-refractivity contribution < 1.29 is 24.0 Å². The lowest BCUT2D eigenvalue weighted by molar-refractivity contribution is -0.384. The number of fused-ring (bicyclic) bond motifs is 6. The summed E-state index contributed by atoms with van der Waals surface area (Å²) < 4.78 is 5.29. The third-order valence-electron chi connectivity index (χ3n) is 8.81. The van der Waals surface area contributed by atoms with Crippen LogP contribution in [0.15, 0.2) is 103 Å². The van der Waals surface area contributed by atoms with Crippen LogP contribution in [0.4, 0.5) is 17.1 Å². The standard InChI is InChI=1S/C34H25N3O6/c1-43-24-16-13-21(14-17-24)31(38)29-30(32(39)22-8-6-9-23(19-22)37(41)42)36-27-12-5-2-7-20(27)15-18-28(36)34(29)25-10-3-4-11-26(25)35-33(34)40/h2-19,28-30H,1H3,(H,35,40)/t28?,29-,30+,34+/m0/s1. The number of carbonyl (C=O) groups excluding carboxylic acids is 3. The third kappa shape index (κ3) is 3.74. The van der Waals surface area contributed by atoms with Crippen molar-refractivity contribution in [3.63, 3.8) is 0 Å². The van der Waals surface area contributed by atoms with Gasteiger partial charge in [-0.25, -0.2) is 0 Å². The molecular weight excluding hydrogens is 546 g/mol. The molecule has 1 fully saturated rings. The smallest absolute Gasteiger partial charge is 0.270 e. The highest BCUT2D eigenvalue weighted by Gasteiger charge is 2.70. The zero-order chi connectivity index (χ0) is 29.9. The van der Waals surface area contributed by atoms with Crippen LogP contribution < -0.4 is 15.0 Å². The number of amides is 1. The summed E-state index contributed by atoms with van der Waals surface area (Å²) in [6, 6.07) is 25.0. The Hall–Kier alpha value is -5.57. The number of hydrogen-bond donors (Lipinski definition) is 1. The number of ketones is 2. The van der Waals surface area contributed by atoms with Gasteiger partial charge in [-0.3, -0.25) is 24.5 Å². The van der Waals surface area contributed by atoms with Gasteiger partial charge < -0.3 is 15.0 Å². The quantitative estimate of drug-likeness (QED) is 0.185. The molecule has 3 aliphatic heterocycles. The van der Waals surface area contributed by atoms with Gasteiger partial charge >= 0.3 is 0 Å². The van der Waals surface area contributed by atoms with Crippen molar-refractivity contribution in [1.82, 2.24) is 0 Å². The van der Waals surface area contributed by atoms with E-state index in [4.69, 9.17) is 4.74 Å². The molecule has 9 nitrogen and oxygen atoms in total. The summed E-state index contributed by atoms with van der Waals surface area (Å²) in [5.74, 6) is -1.88. The zero-order valence-electron chi connectivity index (χ0n) is 23.0. The van der Waals surface area contributed by atoms with Crippen molar-refractivity contribution in [3.05, 3.63) is 136 Å². The summed E-state index contributed by atoms with van der Waals surface area (Å²) in [6.45, 7) is 0. The number of para-hydroxylation sites is 2. The maximum absolute atomic E-state index is 14.8. The van der Waals surface area contributed by atoms with Crippen LogP contribution in [0.2, 0.25) is 0 Å². The van der Waals surface area contributed by atoms with Crippen LogP contribution in [0.3, 0.4) is 0 Å². The Labute approximate surface area is 246 Å². The number of benzene rings is 4. The molecule has 43 heavy (non-hydrogen) atoms. The molecule has 3 heterocycles. The molecule has 212 valence electrons. The van der Waals surface area contributed by atoms with Gasteiger partial charge in [0.05, 0.1) is 24.0 Å². The molecule has 0 aromatic heterocycles. The molecule has 3 aliphatic rings. The second-order valence-electron chi connectivity index (χ2n) is 10.8. The van der Waals surface area contributed by atoms with E-state index in [-0.39, 0.29) is 17.2 Å². The largest absolute Gasteiger partial charge is 0.497 e. The molecule has 0 saturated carbocycles. The van der Waals surface area contributed by atoms with Gasteiger partial charge in [-0.1, -0.05) is 60.7 Å². The van der Waals surface area contributed by atoms with Crippen molar-refractivity contribution in [3.8, 4) is 5.75 Å². The minimum Gasteiger partial charge on any atom is -0.497 e. The number of non-ortho nitro benzene ring substituents is 1. The van der Waals surface area contributed by atoms with E-state index >= 15 is 0 Å². The molecular formula is C34H25N3O6. The SMILES string of the molecule is COc1ccc(C(=O)[C@@H]2[C@H](C(=O)c3cccc([N+](=O)[O-])c3)N3c4ccccc4C=CC3[C@@]23C(=O)Nc2ccccc23)cc1. The highest BCUT2D eigenvalue weighted by molar-refractivity contribution is 6.18. The van der Waals surface area contributed by atoms with Crippen LogP contribution in [0.25, 0.3) is 6.08 Å². The first-order valence-electron chi connectivity index (χ1n) is 13.8. The van der Waals surface area contributed by atoms with Gasteiger partial charge in [0, 0.05) is 34.6 Å². The maximum Gasteiger partial charge on any atom is 0.270 e. The van der Waals surface area contributed by atoms with Crippen molar-refractivity contribution in [2.45, 2.75) is 17.5 Å². The molecule has 4 atom stereocenters. The number of rotatable bonds is 6. The number of Topliss-reactive ketones (excluding diaryl/α,β-unsaturated/α-hetero) is 2. The molecule has 4 aromatic rings. The lowest BCUT2D eigenvalue weighted by Crippen LogP contribution is -2.51. The number of carbonyl (C=O) groups is 3. The van der Waals surface area contributed by atoms with E-state index in [1.54, 1.807) is 30.3 Å². The van der Waals surface area contributed by atoms with Gasteiger partial charge in [-0.15, -0.1) is 0 Å². The van der Waals surface area contributed by atoms with Gasteiger partial charge in [-0.05, 0) is 47.5 Å². The number of nitrogens with one attached hydrogen (secondary N) is 1. The molecule has 4 aromatic carbocycles. The van der Waals surface area contributed by atoms with Crippen LogP contribution in [-0.4, -0.2) is 41.6 Å². The fraction of sp³-hybridized carbons (Fsp3) is 0.147. The Balaban J connectivity index is 1.52. The number of nitro benzene ring substituents is 1. The van der Waals surface area contributed by atoms with Crippen LogP contribution in [-0.2, 0) is 10.2 Å². The fourth-order valence-electron chi connectivity index (χ4n) is 7.00. The van der Waals surface area contributed by atoms with E-state index in [9.17, 15) is 24.5 Å². The summed E-state index contributed by atoms with van der Waals surface area (Å²) in [7, 11) is 1.53. The van der Waals surface area contributed by atoms with E-state index in [1.807, 2.05) is 59.5 Å². The summed E-state index contributed by atoms with van der Waals surface area (Å²) >= 11 is 0. The number of ether oxygens (including phenoxy) is 1. The van der Waals surface area contributed by atoms with Gasteiger partial charge in [0.1, 0.15) is 17.2 Å². The van der Waals surface area contributed by atoms with Crippen LogP contribution >= 0.6 is 0 Å². The third-order valence-corrected chi connectivity index (χ3v) is 8.81. The number of nitro groups is 1. The molecule has 1 unspecified atom stereocenters. The first-order valence-corrected chi connectivity index (χ1v) is 13.8. The predicted molar refractivity (Wildman–Crippen MR) is 161 cm³/mol. The molecule has 1 saturated heterocycles. The normalized spacial score (nSPS) is 22.9. The number of hydrogen-bond acceptors (Lipinski definition) is 7. The minimum atomic E-state index is -1.47. The molecule has 1 N–H and O–H groups in total. The second kappa shape index (κ2) is 9.77. The van der Waals surface area contributed by atoms with Gasteiger partial charge in [-0.2, -0.15) is 0 Å². The first kappa shape index (κ1) is 26.3. The van der Waals surface area contributed by atoms with Crippen molar-refractivity contribution in [2.75, 3.05) is 17.3 Å². The Morgan fingerprint density at radius 2 is 1.65 bits per heavy atom. The lowest BCUT2D eigenvalue weighted by Gasteiger charge is -2.37.